The Morgan fingerprint density at radius 3 is 2.29 bits per heavy atom. The van der Waals surface area contributed by atoms with Crippen molar-refractivity contribution < 1.29 is 13.6 Å². The van der Waals surface area contributed by atoms with Crippen LogP contribution < -0.4 is 10.6 Å². The molecule has 1 fully saturated rings. The Hall–Kier alpha value is -1.65. The van der Waals surface area contributed by atoms with Crippen molar-refractivity contribution in [1.29, 1.82) is 0 Å². The standard InChI is InChI=1S/C16H22F2N2O/c1-3-16(6-4-5-7-16)10-20-15(21)11-8-12(17)14(19-2)13(18)9-11/h8-9,19H,3-7,10H2,1-2H3,(H,20,21). The van der Waals surface area contributed by atoms with Gasteiger partial charge in [-0.2, -0.15) is 0 Å². The van der Waals surface area contributed by atoms with Crippen LogP contribution in [0.15, 0.2) is 12.1 Å². The highest BCUT2D eigenvalue weighted by Crippen LogP contribution is 2.40. The number of halogens is 2. The van der Waals surface area contributed by atoms with Crippen LogP contribution in [-0.2, 0) is 0 Å². The molecule has 0 aromatic heterocycles. The number of carbonyl (C=O) groups is 1. The summed E-state index contributed by atoms with van der Waals surface area (Å²) >= 11 is 0. The number of benzene rings is 1. The fraction of sp³-hybridized carbons (Fsp3) is 0.562. The molecule has 3 nitrogen and oxygen atoms in total. The fourth-order valence-corrected chi connectivity index (χ4v) is 3.09. The second kappa shape index (κ2) is 6.41. The van der Waals surface area contributed by atoms with Gasteiger partial charge in [-0.05, 0) is 36.8 Å². The predicted octanol–water partition coefficient (Wildman–Crippen LogP) is 3.71. The highest BCUT2D eigenvalue weighted by Gasteiger charge is 2.32. The van der Waals surface area contributed by atoms with Gasteiger partial charge < -0.3 is 10.6 Å². The molecule has 0 heterocycles. The molecule has 0 radical (unpaired) electrons. The maximum Gasteiger partial charge on any atom is 0.251 e. The first-order valence-electron chi connectivity index (χ1n) is 7.46. The average Bonchev–Trinajstić information content (AvgIpc) is 2.94. The maximum absolute atomic E-state index is 13.7. The summed E-state index contributed by atoms with van der Waals surface area (Å²) in [5.41, 5.74) is -0.0434. The Bertz CT molecular complexity index is 502. The zero-order valence-corrected chi connectivity index (χ0v) is 12.6. The summed E-state index contributed by atoms with van der Waals surface area (Å²) < 4.78 is 27.3. The summed E-state index contributed by atoms with van der Waals surface area (Å²) in [6, 6.07) is 2.13. The number of amides is 1. The molecule has 2 rings (SSSR count). The second-order valence-corrected chi connectivity index (χ2v) is 5.81. The summed E-state index contributed by atoms with van der Waals surface area (Å²) in [4.78, 5) is 12.1. The van der Waals surface area contributed by atoms with Gasteiger partial charge in [0.15, 0.2) is 0 Å². The minimum absolute atomic E-state index is 0.0215. The Balaban J connectivity index is 2.07. The molecule has 116 valence electrons. The monoisotopic (exact) mass is 296 g/mol. The normalized spacial score (nSPS) is 16.8. The third kappa shape index (κ3) is 3.34. The van der Waals surface area contributed by atoms with Crippen molar-refractivity contribution in [3.8, 4) is 0 Å². The van der Waals surface area contributed by atoms with E-state index >= 15 is 0 Å². The van der Waals surface area contributed by atoms with Crippen LogP contribution in [0, 0.1) is 17.0 Å². The van der Waals surface area contributed by atoms with E-state index in [-0.39, 0.29) is 16.7 Å². The third-order valence-electron chi connectivity index (χ3n) is 4.59. The number of anilines is 1. The Morgan fingerprint density at radius 2 is 1.81 bits per heavy atom. The van der Waals surface area contributed by atoms with Crippen LogP contribution in [0.4, 0.5) is 14.5 Å². The topological polar surface area (TPSA) is 41.1 Å². The summed E-state index contributed by atoms with van der Waals surface area (Å²) in [6.07, 6.45) is 5.58. The summed E-state index contributed by atoms with van der Waals surface area (Å²) in [7, 11) is 1.44. The first-order valence-corrected chi connectivity index (χ1v) is 7.46. The first-order chi connectivity index (χ1) is 10.0. The first kappa shape index (κ1) is 15.7. The smallest absolute Gasteiger partial charge is 0.251 e. The molecule has 1 aliphatic rings. The lowest BCUT2D eigenvalue weighted by molar-refractivity contribution is 0.0928. The van der Waals surface area contributed by atoms with Crippen LogP contribution in [0.2, 0.25) is 0 Å². The Kier molecular flexibility index (Phi) is 4.80. The van der Waals surface area contributed by atoms with Gasteiger partial charge in [-0.25, -0.2) is 8.78 Å². The maximum atomic E-state index is 13.7. The molecule has 2 N–H and O–H groups in total. The largest absolute Gasteiger partial charge is 0.383 e. The van der Waals surface area contributed by atoms with Gasteiger partial charge in [-0.3, -0.25) is 4.79 Å². The molecule has 0 aliphatic heterocycles. The molecule has 0 atom stereocenters. The van der Waals surface area contributed by atoms with Crippen molar-refractivity contribution in [2.75, 3.05) is 18.9 Å². The van der Waals surface area contributed by atoms with Crippen molar-refractivity contribution in [1.82, 2.24) is 5.32 Å². The molecule has 21 heavy (non-hydrogen) atoms. The van der Waals surface area contributed by atoms with Gasteiger partial charge in [0, 0.05) is 19.2 Å². The molecule has 1 amide bonds. The molecule has 1 aliphatic carbocycles. The van der Waals surface area contributed by atoms with E-state index in [0.29, 0.717) is 6.54 Å². The summed E-state index contributed by atoms with van der Waals surface area (Å²) in [6.45, 7) is 2.69. The predicted molar refractivity (Wildman–Crippen MR) is 79.4 cm³/mol. The van der Waals surface area contributed by atoms with Crippen molar-refractivity contribution >= 4 is 11.6 Å². The van der Waals surface area contributed by atoms with Crippen molar-refractivity contribution in [3.63, 3.8) is 0 Å². The summed E-state index contributed by atoms with van der Waals surface area (Å²) in [5.74, 6) is -1.93. The van der Waals surface area contributed by atoms with Gasteiger partial charge in [-0.1, -0.05) is 19.8 Å². The molecule has 1 aromatic rings. The summed E-state index contributed by atoms with van der Waals surface area (Å²) in [5, 5.41) is 5.27. The highest BCUT2D eigenvalue weighted by atomic mass is 19.1. The zero-order chi connectivity index (χ0) is 15.5. The van der Waals surface area contributed by atoms with Gasteiger partial charge in [0.25, 0.3) is 5.91 Å². The van der Waals surface area contributed by atoms with Crippen LogP contribution in [0.5, 0.6) is 0 Å². The number of carbonyl (C=O) groups excluding carboxylic acids is 1. The Labute approximate surface area is 124 Å². The molecule has 0 bridgehead atoms. The van der Waals surface area contributed by atoms with E-state index in [1.165, 1.54) is 19.9 Å². The number of hydrogen-bond donors (Lipinski definition) is 2. The van der Waals surface area contributed by atoms with E-state index in [9.17, 15) is 13.6 Å². The lowest BCUT2D eigenvalue weighted by Crippen LogP contribution is -2.35. The number of rotatable bonds is 5. The minimum atomic E-state index is -0.756. The van der Waals surface area contributed by atoms with Gasteiger partial charge in [0.05, 0.1) is 0 Å². The molecular formula is C16H22F2N2O. The van der Waals surface area contributed by atoms with Gasteiger partial charge in [0.1, 0.15) is 17.3 Å². The molecule has 0 unspecified atom stereocenters. The van der Waals surface area contributed by atoms with Crippen molar-refractivity contribution in [3.05, 3.63) is 29.3 Å². The zero-order valence-electron chi connectivity index (χ0n) is 12.6. The van der Waals surface area contributed by atoms with E-state index in [1.54, 1.807) is 0 Å². The van der Waals surface area contributed by atoms with Gasteiger partial charge >= 0.3 is 0 Å². The van der Waals surface area contributed by atoms with Crippen molar-refractivity contribution in [2.45, 2.75) is 39.0 Å². The number of hydrogen-bond acceptors (Lipinski definition) is 2. The SMILES string of the molecule is CCC1(CNC(=O)c2cc(F)c(NC)c(F)c2)CCCC1. The lowest BCUT2D eigenvalue weighted by atomic mass is 9.83. The molecular weight excluding hydrogens is 274 g/mol. The van der Waals surface area contributed by atoms with Crippen LogP contribution in [0.1, 0.15) is 49.4 Å². The second-order valence-electron chi connectivity index (χ2n) is 5.81. The van der Waals surface area contributed by atoms with Crippen LogP contribution >= 0.6 is 0 Å². The van der Waals surface area contributed by atoms with Gasteiger partial charge in [0.2, 0.25) is 0 Å². The van der Waals surface area contributed by atoms with Crippen LogP contribution in [-0.4, -0.2) is 19.5 Å². The van der Waals surface area contributed by atoms with Crippen molar-refractivity contribution in [2.24, 2.45) is 5.41 Å². The van der Waals surface area contributed by atoms with E-state index < -0.39 is 17.5 Å². The van der Waals surface area contributed by atoms with E-state index in [4.69, 9.17) is 0 Å². The fourth-order valence-electron chi connectivity index (χ4n) is 3.09. The average molecular weight is 296 g/mol. The molecule has 5 heteroatoms. The molecule has 1 aromatic carbocycles. The lowest BCUT2D eigenvalue weighted by Gasteiger charge is -2.27. The third-order valence-corrected chi connectivity index (χ3v) is 4.59. The molecule has 0 spiro atoms. The minimum Gasteiger partial charge on any atom is -0.383 e. The van der Waals surface area contributed by atoms with E-state index in [0.717, 1.165) is 31.4 Å². The van der Waals surface area contributed by atoms with E-state index in [1.807, 2.05) is 0 Å². The molecule has 0 saturated heterocycles. The number of nitrogens with one attached hydrogen (secondary N) is 2. The molecule has 1 saturated carbocycles. The quantitative estimate of drug-likeness (QED) is 0.869. The van der Waals surface area contributed by atoms with E-state index in [2.05, 4.69) is 17.6 Å². The van der Waals surface area contributed by atoms with Crippen LogP contribution in [0.3, 0.4) is 0 Å². The van der Waals surface area contributed by atoms with Crippen LogP contribution in [0.25, 0.3) is 0 Å². The highest BCUT2D eigenvalue weighted by molar-refractivity contribution is 5.94. The van der Waals surface area contributed by atoms with Gasteiger partial charge in [-0.15, -0.1) is 0 Å². The Morgan fingerprint density at radius 1 is 1.24 bits per heavy atom.